The minimum Gasteiger partial charge on any atom is -0.362 e. The lowest BCUT2D eigenvalue weighted by Gasteiger charge is -2.15. The molecule has 4 nitrogen and oxygen atoms in total. The van der Waals surface area contributed by atoms with E-state index in [1.165, 1.54) is 0 Å². The third kappa shape index (κ3) is 7.74. The number of hydrogen-bond acceptors (Lipinski definition) is 4. The number of hydrogen-bond donors (Lipinski definition) is 2. The summed E-state index contributed by atoms with van der Waals surface area (Å²) in [5, 5.41) is 0. The zero-order chi connectivity index (χ0) is 8.69. The minimum atomic E-state index is -0.303. The van der Waals surface area contributed by atoms with E-state index in [9.17, 15) is 0 Å². The largest absolute Gasteiger partial charge is 0.362 e. The maximum atomic E-state index is 5.33. The van der Waals surface area contributed by atoms with Crippen LogP contribution in [-0.4, -0.2) is 19.1 Å². The molecular formula is C7H18N2O2. The van der Waals surface area contributed by atoms with Gasteiger partial charge in [-0.15, -0.1) is 0 Å². The van der Waals surface area contributed by atoms with Crippen LogP contribution in [0.25, 0.3) is 0 Å². The fraction of sp³-hybridized carbons (Fsp3) is 1.00. The zero-order valence-electron chi connectivity index (χ0n) is 7.46. The third-order valence-electron chi connectivity index (χ3n) is 0.992. The first kappa shape index (κ1) is 10.8. The van der Waals surface area contributed by atoms with E-state index in [0.717, 1.165) is 13.0 Å². The van der Waals surface area contributed by atoms with Crippen molar-refractivity contribution < 1.29 is 9.57 Å². The number of nitrogens with two attached hydrogens (primary N) is 1. The Labute approximate surface area is 68.0 Å². The van der Waals surface area contributed by atoms with Gasteiger partial charge in [-0.2, -0.15) is 5.48 Å². The quantitative estimate of drug-likeness (QED) is 0.443. The summed E-state index contributed by atoms with van der Waals surface area (Å²) in [6, 6.07) is 0. The van der Waals surface area contributed by atoms with Crippen molar-refractivity contribution in [3.05, 3.63) is 0 Å². The number of nitrogens with one attached hydrogen (secondary N) is 1. The SMILES string of the molecule is CCCOC(C)NOC(C)N. The van der Waals surface area contributed by atoms with Crippen LogP contribution in [0.5, 0.6) is 0 Å². The van der Waals surface area contributed by atoms with Gasteiger partial charge in [0.05, 0.1) is 0 Å². The van der Waals surface area contributed by atoms with Gasteiger partial charge in [0.2, 0.25) is 0 Å². The number of hydroxylamine groups is 1. The van der Waals surface area contributed by atoms with Crippen LogP contribution in [0, 0.1) is 0 Å². The third-order valence-corrected chi connectivity index (χ3v) is 0.992. The molecule has 0 rings (SSSR count). The fourth-order valence-corrected chi connectivity index (χ4v) is 0.532. The van der Waals surface area contributed by atoms with Crippen molar-refractivity contribution in [2.24, 2.45) is 5.73 Å². The fourth-order valence-electron chi connectivity index (χ4n) is 0.532. The molecule has 0 aliphatic carbocycles. The Morgan fingerprint density at radius 2 is 2.09 bits per heavy atom. The van der Waals surface area contributed by atoms with Gasteiger partial charge < -0.3 is 10.5 Å². The minimum absolute atomic E-state index is 0.0963. The van der Waals surface area contributed by atoms with Crippen LogP contribution in [0.2, 0.25) is 0 Å². The number of ether oxygens (including phenoxy) is 1. The molecule has 0 fully saturated rings. The molecule has 0 radical (unpaired) electrons. The zero-order valence-corrected chi connectivity index (χ0v) is 7.46. The summed E-state index contributed by atoms with van der Waals surface area (Å²) in [6.07, 6.45) is 0.605. The maximum absolute atomic E-state index is 5.33. The van der Waals surface area contributed by atoms with Gasteiger partial charge in [-0.25, -0.2) is 0 Å². The van der Waals surface area contributed by atoms with Crippen molar-refractivity contribution in [3.63, 3.8) is 0 Å². The summed E-state index contributed by atoms with van der Waals surface area (Å²) in [6.45, 7) is 6.41. The second-order valence-electron chi connectivity index (χ2n) is 2.45. The molecule has 0 saturated heterocycles. The van der Waals surface area contributed by atoms with Gasteiger partial charge in [-0.3, -0.25) is 4.84 Å². The Bertz CT molecular complexity index is 88.5. The van der Waals surface area contributed by atoms with Crippen LogP contribution in [-0.2, 0) is 9.57 Å². The van der Waals surface area contributed by atoms with Crippen molar-refractivity contribution in [1.29, 1.82) is 0 Å². The van der Waals surface area contributed by atoms with E-state index in [-0.39, 0.29) is 12.5 Å². The standard InChI is InChI=1S/C7H18N2O2/c1-4-5-10-7(3)9-11-6(2)8/h6-7,9H,4-5,8H2,1-3H3. The predicted octanol–water partition coefficient (Wildman–Crippen LogP) is 0.585. The first-order valence-electron chi connectivity index (χ1n) is 3.95. The molecule has 3 N–H and O–H groups in total. The van der Waals surface area contributed by atoms with Gasteiger partial charge in [-0.05, 0) is 20.3 Å². The Hall–Kier alpha value is -0.160. The molecule has 0 aromatic heterocycles. The summed E-state index contributed by atoms with van der Waals surface area (Å²) in [4.78, 5) is 4.90. The lowest BCUT2D eigenvalue weighted by atomic mass is 10.5. The van der Waals surface area contributed by atoms with Crippen LogP contribution >= 0.6 is 0 Å². The summed E-state index contributed by atoms with van der Waals surface area (Å²) in [5.74, 6) is 0. The highest BCUT2D eigenvalue weighted by Gasteiger charge is 2.00. The van der Waals surface area contributed by atoms with Gasteiger partial charge in [0.1, 0.15) is 12.5 Å². The van der Waals surface area contributed by atoms with E-state index in [1.807, 2.05) is 6.92 Å². The average Bonchev–Trinajstić information content (AvgIpc) is 1.97. The van der Waals surface area contributed by atoms with Crippen LogP contribution in [0.1, 0.15) is 27.2 Å². The molecule has 0 saturated carbocycles. The van der Waals surface area contributed by atoms with Gasteiger partial charge >= 0.3 is 0 Å². The molecule has 2 unspecified atom stereocenters. The second kappa shape index (κ2) is 6.54. The predicted molar refractivity (Wildman–Crippen MR) is 43.6 cm³/mol. The van der Waals surface area contributed by atoms with E-state index in [1.54, 1.807) is 6.92 Å². The molecule has 0 aliphatic heterocycles. The highest BCUT2D eigenvalue weighted by Crippen LogP contribution is 1.88. The van der Waals surface area contributed by atoms with Gasteiger partial charge in [0, 0.05) is 6.61 Å². The summed E-state index contributed by atoms with van der Waals surface area (Å²) >= 11 is 0. The van der Waals surface area contributed by atoms with E-state index in [4.69, 9.17) is 15.3 Å². The molecule has 11 heavy (non-hydrogen) atoms. The molecule has 68 valence electrons. The van der Waals surface area contributed by atoms with Gasteiger partial charge in [0.15, 0.2) is 0 Å². The molecule has 0 aliphatic rings. The van der Waals surface area contributed by atoms with Crippen molar-refractivity contribution >= 4 is 0 Å². The molecule has 0 aromatic rings. The lowest BCUT2D eigenvalue weighted by molar-refractivity contribution is -0.107. The summed E-state index contributed by atoms with van der Waals surface area (Å²) in [5.41, 5.74) is 8.00. The van der Waals surface area contributed by atoms with Gasteiger partial charge in [-0.1, -0.05) is 6.92 Å². The number of rotatable bonds is 6. The second-order valence-corrected chi connectivity index (χ2v) is 2.45. The summed E-state index contributed by atoms with van der Waals surface area (Å²) < 4.78 is 5.25. The molecule has 2 atom stereocenters. The first-order valence-corrected chi connectivity index (χ1v) is 3.95. The van der Waals surface area contributed by atoms with Crippen LogP contribution in [0.4, 0.5) is 0 Å². The van der Waals surface area contributed by atoms with Gasteiger partial charge in [0.25, 0.3) is 0 Å². The molecular weight excluding hydrogens is 144 g/mol. The maximum Gasteiger partial charge on any atom is 0.127 e. The molecule has 0 aromatic carbocycles. The van der Waals surface area contributed by atoms with Crippen LogP contribution in [0.3, 0.4) is 0 Å². The monoisotopic (exact) mass is 162 g/mol. The Kier molecular flexibility index (Phi) is 6.45. The van der Waals surface area contributed by atoms with Crippen molar-refractivity contribution in [3.8, 4) is 0 Å². The van der Waals surface area contributed by atoms with E-state index >= 15 is 0 Å². The average molecular weight is 162 g/mol. The topological polar surface area (TPSA) is 56.5 Å². The Morgan fingerprint density at radius 1 is 1.45 bits per heavy atom. The molecule has 4 heteroatoms. The molecule has 0 heterocycles. The highest BCUT2D eigenvalue weighted by atomic mass is 16.7. The highest BCUT2D eigenvalue weighted by molar-refractivity contribution is 4.37. The summed E-state index contributed by atoms with van der Waals surface area (Å²) in [7, 11) is 0. The molecule has 0 spiro atoms. The van der Waals surface area contributed by atoms with E-state index < -0.39 is 0 Å². The smallest absolute Gasteiger partial charge is 0.127 e. The van der Waals surface area contributed by atoms with Crippen LogP contribution < -0.4 is 11.2 Å². The Balaban J connectivity index is 3.15. The molecule has 0 amide bonds. The van der Waals surface area contributed by atoms with E-state index in [2.05, 4.69) is 12.4 Å². The van der Waals surface area contributed by atoms with Crippen molar-refractivity contribution in [2.45, 2.75) is 39.6 Å². The van der Waals surface area contributed by atoms with Crippen molar-refractivity contribution in [2.75, 3.05) is 6.61 Å². The van der Waals surface area contributed by atoms with Crippen molar-refractivity contribution in [1.82, 2.24) is 5.48 Å². The van der Waals surface area contributed by atoms with E-state index in [0.29, 0.717) is 0 Å². The lowest BCUT2D eigenvalue weighted by Crippen LogP contribution is -2.35. The van der Waals surface area contributed by atoms with Crippen LogP contribution in [0.15, 0.2) is 0 Å². The normalized spacial score (nSPS) is 16.4. The Morgan fingerprint density at radius 3 is 2.55 bits per heavy atom. The molecule has 0 bridgehead atoms. The first-order chi connectivity index (χ1) is 5.16.